The summed E-state index contributed by atoms with van der Waals surface area (Å²) in [5, 5.41) is 0. The molecule has 0 atom stereocenters. The van der Waals surface area contributed by atoms with Gasteiger partial charge in [-0.15, -0.1) is 0 Å². The van der Waals surface area contributed by atoms with E-state index in [2.05, 4.69) is 25.8 Å². The van der Waals surface area contributed by atoms with E-state index in [1.807, 2.05) is 59.1 Å². The van der Waals surface area contributed by atoms with Crippen LogP contribution in [-0.2, 0) is 4.79 Å². The van der Waals surface area contributed by atoms with Gasteiger partial charge in [-0.05, 0) is 71.6 Å². The third kappa shape index (κ3) is 7.51. The fourth-order valence-electron chi connectivity index (χ4n) is 2.16. The number of aliphatic imine (C=N–C) groups is 1. The van der Waals surface area contributed by atoms with E-state index in [1.54, 1.807) is 0 Å². The van der Waals surface area contributed by atoms with Gasteiger partial charge in [0.15, 0.2) is 0 Å². The fraction of sp³-hybridized carbons (Fsp3) is 0.455. The smallest absolute Gasteiger partial charge is 0.249 e. The van der Waals surface area contributed by atoms with Crippen molar-refractivity contribution in [1.82, 2.24) is 0 Å². The molecule has 0 aromatic rings. The Morgan fingerprint density at radius 3 is 1.92 bits per heavy atom. The molecule has 0 aromatic heterocycles. The van der Waals surface area contributed by atoms with Crippen LogP contribution in [0, 0.1) is 0 Å². The van der Waals surface area contributed by atoms with Crippen molar-refractivity contribution in [3.05, 3.63) is 57.4 Å². The molecule has 0 aliphatic carbocycles. The normalized spacial score (nSPS) is 15.0. The highest BCUT2D eigenvalue weighted by atomic mass is 16.1. The van der Waals surface area contributed by atoms with Gasteiger partial charge in [-0.2, -0.15) is 0 Å². The maximum absolute atomic E-state index is 12.1. The Kier molecular flexibility index (Phi) is 10.4. The zero-order valence-corrected chi connectivity index (χ0v) is 17.2. The summed E-state index contributed by atoms with van der Waals surface area (Å²) >= 11 is 0. The Bertz CT molecular complexity index is 664. The third-order valence-electron chi connectivity index (χ3n) is 4.22. The Labute approximate surface area is 153 Å². The van der Waals surface area contributed by atoms with Gasteiger partial charge >= 0.3 is 0 Å². The van der Waals surface area contributed by atoms with Crippen LogP contribution in [-0.4, -0.2) is 12.1 Å². The quantitative estimate of drug-likeness (QED) is 0.338. The van der Waals surface area contributed by atoms with Crippen LogP contribution in [0.3, 0.4) is 0 Å². The number of allylic oxidation sites excluding steroid dienone is 8. The number of amides is 1. The van der Waals surface area contributed by atoms with Crippen LogP contribution in [0.25, 0.3) is 0 Å². The molecule has 3 heteroatoms. The topological polar surface area (TPSA) is 55.4 Å². The minimum absolute atomic E-state index is 0.426. The minimum atomic E-state index is -0.426. The molecule has 0 aliphatic rings. The fourth-order valence-corrected chi connectivity index (χ4v) is 2.16. The van der Waals surface area contributed by atoms with Gasteiger partial charge in [0.2, 0.25) is 5.91 Å². The Morgan fingerprint density at radius 2 is 1.52 bits per heavy atom. The van der Waals surface area contributed by atoms with Crippen LogP contribution >= 0.6 is 0 Å². The van der Waals surface area contributed by atoms with Gasteiger partial charge in [0, 0.05) is 17.5 Å². The van der Waals surface area contributed by atoms with E-state index in [9.17, 15) is 4.79 Å². The van der Waals surface area contributed by atoms with Gasteiger partial charge in [0.1, 0.15) is 0 Å². The van der Waals surface area contributed by atoms with Crippen LogP contribution in [0.1, 0.15) is 68.2 Å². The molecule has 0 fully saturated rings. The van der Waals surface area contributed by atoms with E-state index in [-0.39, 0.29) is 0 Å². The summed E-state index contributed by atoms with van der Waals surface area (Å²) in [6.07, 6.45) is 9.35. The number of nitrogens with two attached hydrogens (primary N) is 1. The van der Waals surface area contributed by atoms with Crippen molar-refractivity contribution in [3.8, 4) is 0 Å². The molecule has 0 aliphatic heterocycles. The second-order valence-corrected chi connectivity index (χ2v) is 6.42. The highest BCUT2D eigenvalue weighted by Gasteiger charge is 2.16. The van der Waals surface area contributed by atoms with Gasteiger partial charge in [-0.3, -0.25) is 9.79 Å². The van der Waals surface area contributed by atoms with Crippen molar-refractivity contribution in [2.24, 2.45) is 10.7 Å². The van der Waals surface area contributed by atoms with Crippen LogP contribution in [0.2, 0.25) is 0 Å². The zero-order chi connectivity index (χ0) is 19.6. The Morgan fingerprint density at radius 1 is 0.960 bits per heavy atom. The standard InChI is InChI=1S/C22H34N2O/c1-9-16(6)18(8)24-14-19(11-3)21(17(7)10-2)20(22(23)25)13-12-15(4)5/h11-14H,9-10H2,1-8H3,(H2,23,25)/b18-16+,19-11+,20-13-,21-17+,24-14-. The minimum Gasteiger partial charge on any atom is -0.366 e. The molecule has 1 amide bonds. The lowest BCUT2D eigenvalue weighted by molar-refractivity contribution is -0.114. The number of primary amides is 1. The highest BCUT2D eigenvalue weighted by Crippen LogP contribution is 2.25. The molecule has 25 heavy (non-hydrogen) atoms. The molecule has 0 bridgehead atoms. The van der Waals surface area contributed by atoms with Crippen molar-refractivity contribution in [2.45, 2.75) is 68.2 Å². The zero-order valence-electron chi connectivity index (χ0n) is 17.2. The first-order chi connectivity index (χ1) is 11.7. The van der Waals surface area contributed by atoms with Crippen molar-refractivity contribution in [2.75, 3.05) is 0 Å². The SMILES string of the molecule is C/C=C(\C=N/C(C)=C(\C)CC)C(/C(=C/C=C(C)C)C(N)=O)=C(/C)CC. The van der Waals surface area contributed by atoms with Crippen LogP contribution < -0.4 is 5.73 Å². The second-order valence-electron chi connectivity index (χ2n) is 6.42. The lowest BCUT2D eigenvalue weighted by atomic mass is 9.91. The predicted molar refractivity (Wildman–Crippen MR) is 111 cm³/mol. The average Bonchev–Trinajstić information content (AvgIpc) is 2.58. The maximum Gasteiger partial charge on any atom is 0.249 e. The summed E-state index contributed by atoms with van der Waals surface area (Å²) in [5.41, 5.74) is 12.5. The van der Waals surface area contributed by atoms with Crippen molar-refractivity contribution in [1.29, 1.82) is 0 Å². The molecule has 138 valence electrons. The number of hydrogen-bond donors (Lipinski definition) is 1. The largest absolute Gasteiger partial charge is 0.366 e. The van der Waals surface area contributed by atoms with Crippen LogP contribution in [0.5, 0.6) is 0 Å². The number of rotatable bonds is 8. The molecular weight excluding hydrogens is 308 g/mol. The number of nitrogens with zero attached hydrogens (tertiary/aromatic N) is 1. The maximum atomic E-state index is 12.1. The van der Waals surface area contributed by atoms with Crippen molar-refractivity contribution < 1.29 is 4.79 Å². The van der Waals surface area contributed by atoms with Crippen LogP contribution in [0.4, 0.5) is 0 Å². The summed E-state index contributed by atoms with van der Waals surface area (Å²) in [7, 11) is 0. The number of hydrogen-bond acceptors (Lipinski definition) is 2. The summed E-state index contributed by atoms with van der Waals surface area (Å²) in [6, 6.07) is 0. The van der Waals surface area contributed by atoms with Gasteiger partial charge in [-0.1, -0.05) is 42.7 Å². The molecule has 0 aromatic carbocycles. The number of carbonyl (C=O) groups excluding carboxylic acids is 1. The summed E-state index contributed by atoms with van der Waals surface area (Å²) in [5.74, 6) is -0.426. The first-order valence-electron chi connectivity index (χ1n) is 8.91. The highest BCUT2D eigenvalue weighted by molar-refractivity contribution is 6.02. The van der Waals surface area contributed by atoms with E-state index in [4.69, 9.17) is 5.73 Å². The van der Waals surface area contributed by atoms with E-state index in [1.165, 1.54) is 5.57 Å². The van der Waals surface area contributed by atoms with Gasteiger partial charge < -0.3 is 5.73 Å². The van der Waals surface area contributed by atoms with E-state index < -0.39 is 5.91 Å². The van der Waals surface area contributed by atoms with Crippen LogP contribution in [0.15, 0.2) is 62.4 Å². The summed E-state index contributed by atoms with van der Waals surface area (Å²) in [6.45, 7) is 16.3. The molecule has 0 unspecified atom stereocenters. The third-order valence-corrected chi connectivity index (χ3v) is 4.22. The lowest BCUT2D eigenvalue weighted by Gasteiger charge is -2.14. The molecule has 0 rings (SSSR count). The van der Waals surface area contributed by atoms with Crippen molar-refractivity contribution in [3.63, 3.8) is 0 Å². The monoisotopic (exact) mass is 342 g/mol. The molecular formula is C22H34N2O. The molecule has 3 nitrogen and oxygen atoms in total. The second kappa shape index (κ2) is 11.4. The summed E-state index contributed by atoms with van der Waals surface area (Å²) < 4.78 is 0. The Balaban J connectivity index is 6.30. The predicted octanol–water partition coefficient (Wildman–Crippen LogP) is 5.81. The van der Waals surface area contributed by atoms with E-state index >= 15 is 0 Å². The first-order valence-corrected chi connectivity index (χ1v) is 8.91. The van der Waals surface area contributed by atoms with Gasteiger partial charge in [-0.25, -0.2) is 0 Å². The first kappa shape index (κ1) is 22.8. The summed E-state index contributed by atoms with van der Waals surface area (Å²) in [4.78, 5) is 16.7. The van der Waals surface area contributed by atoms with E-state index in [0.29, 0.717) is 5.57 Å². The van der Waals surface area contributed by atoms with Crippen molar-refractivity contribution >= 4 is 12.1 Å². The molecule has 2 N–H and O–H groups in total. The molecule has 0 heterocycles. The average molecular weight is 343 g/mol. The molecule has 0 saturated carbocycles. The lowest BCUT2D eigenvalue weighted by Crippen LogP contribution is -2.17. The van der Waals surface area contributed by atoms with Gasteiger partial charge in [0.25, 0.3) is 0 Å². The molecule has 0 spiro atoms. The molecule has 0 radical (unpaired) electrons. The van der Waals surface area contributed by atoms with E-state index in [0.717, 1.165) is 40.8 Å². The molecule has 0 saturated heterocycles. The Hall–Kier alpha value is -2.16. The number of carbonyl (C=O) groups is 1. The van der Waals surface area contributed by atoms with Gasteiger partial charge in [0.05, 0.1) is 0 Å².